The SMILES string of the molecule is C=CC(=O)N1CCN(c2c(C#N)c(=O)n(-c3c(C)ccnc3C(C)C)c3nc(-c4c(F)c(F)c(F)c(N)c4Cl)c(Cl)cc23)C[C@H]1C.C=CC(=O)N1CCN(c2c(C#N)c(=O)n(-c3c(C)ccnc3C(C)C)c3nc(-c4c(F)c(N)c(Cl)c(Cl)c4F)c(Cl)cc23)C[C@H]1C.C=CC(=O)N1CCN(c2c(C#N)c(=O)n(-c3c(C)ccnc3C(C)C)c3nc(-c4c(F)c(N)c(Cl)c(Cl)c4F)c(Cl)cc23)C[C@H]1C. The molecule has 27 nitrogen and oxygen atoms in total. The summed E-state index contributed by atoms with van der Waals surface area (Å²) >= 11 is 50.4. The molecule has 3 amide bonds. The normalized spacial score (nSPS) is 15.0. The van der Waals surface area contributed by atoms with E-state index in [1.807, 2.05) is 68.4 Å². The molecule has 12 heterocycles. The smallest absolute Gasteiger partial charge is 0.276 e. The van der Waals surface area contributed by atoms with Crippen molar-refractivity contribution in [3.63, 3.8) is 0 Å². The predicted molar refractivity (Wildman–Crippen MR) is 526 cm³/mol. The van der Waals surface area contributed by atoms with Crippen LogP contribution in [0.3, 0.4) is 0 Å². The Morgan fingerprint density at radius 1 is 0.399 bits per heavy atom. The Morgan fingerprint density at radius 3 is 0.920 bits per heavy atom. The van der Waals surface area contributed by atoms with E-state index in [0.717, 1.165) is 0 Å². The van der Waals surface area contributed by atoms with Crippen LogP contribution in [0.1, 0.15) is 131 Å². The molecular formula is C96H84Cl8F7N21O6. The number of nitrogens with zero attached hydrogens (tertiary/aromatic N) is 18. The fourth-order valence-electron chi connectivity index (χ4n) is 17.5. The Balaban J connectivity index is 0.000000175. The number of anilines is 6. The summed E-state index contributed by atoms with van der Waals surface area (Å²) in [6, 6.07) is 14.4. The number of carbonyl (C=O) groups excluding carboxylic acids is 3. The highest BCUT2D eigenvalue weighted by Crippen LogP contribution is 2.49. The van der Waals surface area contributed by atoms with Gasteiger partial charge in [-0.25, -0.2) is 45.7 Å². The van der Waals surface area contributed by atoms with Crippen molar-refractivity contribution in [3.8, 4) is 69.0 Å². The molecule has 0 spiro atoms. The summed E-state index contributed by atoms with van der Waals surface area (Å²) in [5.74, 6) is -11.5. The highest BCUT2D eigenvalue weighted by Gasteiger charge is 2.40. The monoisotopic (exact) mass is 2040 g/mol. The second-order valence-corrected chi connectivity index (χ2v) is 36.9. The topological polar surface area (TPSA) is 363 Å². The average molecular weight is 2040 g/mol. The van der Waals surface area contributed by atoms with Gasteiger partial charge in [0.15, 0.2) is 40.7 Å². The molecule has 42 heteroatoms. The van der Waals surface area contributed by atoms with Gasteiger partial charge in [0, 0.05) is 112 Å². The van der Waals surface area contributed by atoms with Crippen molar-refractivity contribution < 1.29 is 45.1 Å². The molecule has 6 N–H and O–H groups in total. The maximum absolute atomic E-state index is 15.6. The van der Waals surface area contributed by atoms with Gasteiger partial charge in [-0.3, -0.25) is 57.4 Å². The van der Waals surface area contributed by atoms with Crippen molar-refractivity contribution in [3.05, 3.63) is 255 Å². The molecule has 0 bridgehead atoms. The highest BCUT2D eigenvalue weighted by atomic mass is 35.5. The number of fused-ring (bicyclic) bond motifs is 3. The number of nitrogens with two attached hydrogens (primary N) is 3. The first kappa shape index (κ1) is 102. The number of carbonyl (C=O) groups is 3. The highest BCUT2D eigenvalue weighted by molar-refractivity contribution is 6.45. The summed E-state index contributed by atoms with van der Waals surface area (Å²) in [4.78, 5) is 118. The molecule has 3 aliphatic heterocycles. The lowest BCUT2D eigenvalue weighted by molar-refractivity contribution is -0.129. The second kappa shape index (κ2) is 40.5. The fraction of sp³-hybridized carbons (Fsp3) is 0.281. The number of rotatable bonds is 15. The third-order valence-electron chi connectivity index (χ3n) is 24.1. The third-order valence-corrected chi connectivity index (χ3v) is 27.1. The van der Waals surface area contributed by atoms with Crippen LogP contribution in [0.4, 0.5) is 64.9 Å². The molecule has 9 aromatic heterocycles. The van der Waals surface area contributed by atoms with Crippen LogP contribution >= 0.6 is 92.8 Å². The summed E-state index contributed by atoms with van der Waals surface area (Å²) in [6.07, 6.45) is 8.46. The Bertz CT molecular complexity index is 6790. The zero-order valence-corrected chi connectivity index (χ0v) is 81.8. The number of nitrogen functional groups attached to an aromatic ring is 3. The second-order valence-electron chi connectivity index (χ2n) is 33.8. The summed E-state index contributed by atoms with van der Waals surface area (Å²) in [5.41, 5.74) is 14.0. The first-order valence-electron chi connectivity index (χ1n) is 42.6. The zero-order valence-electron chi connectivity index (χ0n) is 75.8. The minimum Gasteiger partial charge on any atom is -0.395 e. The molecule has 3 atom stereocenters. The number of halogens is 15. The predicted octanol–water partition coefficient (Wildman–Crippen LogP) is 19.9. The first-order valence-corrected chi connectivity index (χ1v) is 45.6. The van der Waals surface area contributed by atoms with Crippen molar-refractivity contribution in [1.29, 1.82) is 15.8 Å². The number of hydrogen-bond acceptors (Lipinski definition) is 21. The molecule has 138 heavy (non-hydrogen) atoms. The lowest BCUT2D eigenvalue weighted by atomic mass is 10.0. The number of nitriles is 3. The first-order chi connectivity index (χ1) is 65.2. The van der Waals surface area contributed by atoms with Gasteiger partial charge in [0.1, 0.15) is 51.8 Å². The van der Waals surface area contributed by atoms with E-state index in [9.17, 15) is 53.3 Å². The summed E-state index contributed by atoms with van der Waals surface area (Å²) in [7, 11) is 0. The van der Waals surface area contributed by atoms with Crippen molar-refractivity contribution >= 4 is 178 Å². The van der Waals surface area contributed by atoms with Crippen LogP contribution in [-0.4, -0.2) is 153 Å². The van der Waals surface area contributed by atoms with E-state index in [1.54, 1.807) is 87.0 Å². The quantitative estimate of drug-likeness (QED) is 0.0282. The van der Waals surface area contributed by atoms with E-state index in [4.69, 9.17) is 110 Å². The number of aryl methyl sites for hydroxylation is 3. The van der Waals surface area contributed by atoms with E-state index in [-0.39, 0.29) is 206 Å². The van der Waals surface area contributed by atoms with Gasteiger partial charge in [0.25, 0.3) is 16.7 Å². The number of amides is 3. The molecular weight excluding hydrogens is 1960 g/mol. The summed E-state index contributed by atoms with van der Waals surface area (Å²) in [6.45, 7) is 35.1. The van der Waals surface area contributed by atoms with Crippen LogP contribution in [0, 0.1) is 95.5 Å². The van der Waals surface area contributed by atoms with E-state index in [1.165, 1.54) is 50.1 Å². The van der Waals surface area contributed by atoms with Gasteiger partial charge in [-0.1, -0.05) is 154 Å². The third kappa shape index (κ3) is 17.9. The largest absolute Gasteiger partial charge is 0.395 e. The molecule has 714 valence electrons. The minimum absolute atomic E-state index is 0.0444. The fourth-order valence-corrected chi connectivity index (χ4v) is 19.2. The number of aromatic nitrogens is 9. The Morgan fingerprint density at radius 2 is 0.667 bits per heavy atom. The van der Waals surface area contributed by atoms with Gasteiger partial charge < -0.3 is 46.6 Å². The van der Waals surface area contributed by atoms with E-state index >= 15 is 22.0 Å². The van der Waals surface area contributed by atoms with Gasteiger partial charge in [0.2, 0.25) is 17.7 Å². The van der Waals surface area contributed by atoms with E-state index < -0.39 is 122 Å². The Labute approximate surface area is 825 Å². The molecule has 3 fully saturated rings. The molecule has 0 unspecified atom stereocenters. The molecule has 0 saturated carbocycles. The van der Waals surface area contributed by atoms with E-state index in [0.29, 0.717) is 50.8 Å². The van der Waals surface area contributed by atoms with Gasteiger partial charge in [-0.15, -0.1) is 0 Å². The maximum atomic E-state index is 15.6. The van der Waals surface area contributed by atoms with Crippen LogP contribution in [0.5, 0.6) is 0 Å². The summed E-state index contributed by atoms with van der Waals surface area (Å²) < 4.78 is 110. The molecule has 15 rings (SSSR count). The van der Waals surface area contributed by atoms with Crippen LogP contribution in [0.15, 0.2) is 107 Å². The minimum atomic E-state index is -1.88. The number of hydrogen-bond donors (Lipinski definition) is 3. The average Bonchev–Trinajstić information content (AvgIpc) is 0.726. The van der Waals surface area contributed by atoms with Crippen LogP contribution in [-0.2, 0) is 14.4 Å². The molecule has 3 aromatic carbocycles. The molecule has 3 aliphatic rings. The molecule has 12 aromatic rings. The van der Waals surface area contributed by atoms with Gasteiger partial charge in [-0.05, 0) is 131 Å². The Hall–Kier alpha value is -13.1. The van der Waals surface area contributed by atoms with Gasteiger partial charge >= 0.3 is 0 Å². The van der Waals surface area contributed by atoms with E-state index in [2.05, 4.69) is 61.8 Å². The van der Waals surface area contributed by atoms with Crippen molar-refractivity contribution in [1.82, 2.24) is 58.3 Å². The molecule has 0 radical (unpaired) electrons. The van der Waals surface area contributed by atoms with Gasteiger partial charge in [-0.2, -0.15) is 15.8 Å². The van der Waals surface area contributed by atoms with Gasteiger partial charge in [0.05, 0.1) is 142 Å². The van der Waals surface area contributed by atoms with Crippen molar-refractivity contribution in [2.45, 2.75) is 119 Å². The Kier molecular flexibility index (Phi) is 30.1. The number of benzene rings is 3. The zero-order chi connectivity index (χ0) is 101. The number of piperazine rings is 3. The lowest BCUT2D eigenvalue weighted by Crippen LogP contribution is -2.54. The van der Waals surface area contributed by atoms with Crippen LogP contribution < -0.4 is 48.6 Å². The summed E-state index contributed by atoms with van der Waals surface area (Å²) in [5, 5.41) is 28.4. The molecule has 0 aliphatic carbocycles. The lowest BCUT2D eigenvalue weighted by Gasteiger charge is -2.41. The van der Waals surface area contributed by atoms with Crippen molar-refractivity contribution in [2.75, 3.05) is 90.8 Å². The standard InChI is InChI=1S/2C32H28Cl3F2N7O2.C32H28Cl2F3N7O2/c2*1-6-20(45)43-10-9-42(13-16(43)5)30-17-11-19(33)28(21-24(36)22(34)23(35)26(39)25(21)37)41-31(17)44(32(46)18(30)12-38)29-15(4)7-8-40-27(29)14(2)3;1-6-20(45)43-10-9-42(13-16(43)5)30-17-11-19(33)28(21-22(34)26(39)25(37)24(36)23(21)35)41-31(17)44(32(46)18(30)12-38)29-15(4)7-8-40-27(29)14(2)3/h3*6-8,11,14,16H,1,9-10,13,39H2,2-5H3/t3*16-/m111/s1. The van der Waals surface area contributed by atoms with Crippen molar-refractivity contribution in [2.24, 2.45) is 0 Å². The van der Waals surface area contributed by atoms with Crippen LogP contribution in [0.2, 0.25) is 40.2 Å². The maximum Gasteiger partial charge on any atom is 0.276 e. The van der Waals surface area contributed by atoms with Crippen LogP contribution in [0.25, 0.3) is 83.9 Å². The number of pyridine rings is 9. The molecule has 3 saturated heterocycles.